The van der Waals surface area contributed by atoms with Gasteiger partial charge in [-0.3, -0.25) is 0 Å². The molecule has 0 bridgehead atoms. The molecular formula is C7H13B. The molecule has 0 saturated carbocycles. The number of rotatable bonds is 3. The molecule has 2 radical (unpaired) electrons. The Labute approximate surface area is 53.4 Å². The highest BCUT2D eigenvalue weighted by molar-refractivity contribution is 6.12. The van der Waals surface area contributed by atoms with Crippen LogP contribution in [-0.4, -0.2) is 7.85 Å². The standard InChI is InChI=1S/C7H13B/c1-4-7(8)5-6(2)3/h4,6-7H,1,5H2,2-3H3. The summed E-state index contributed by atoms with van der Waals surface area (Å²) < 4.78 is 0. The fraction of sp³-hybridized carbons (Fsp3) is 0.714. The summed E-state index contributed by atoms with van der Waals surface area (Å²) in [5, 5.41) is 0. The van der Waals surface area contributed by atoms with Crippen molar-refractivity contribution in [2.75, 3.05) is 0 Å². The van der Waals surface area contributed by atoms with Crippen LogP contribution in [0.5, 0.6) is 0 Å². The molecule has 0 saturated heterocycles. The zero-order valence-electron chi connectivity index (χ0n) is 5.72. The van der Waals surface area contributed by atoms with E-state index in [1.165, 1.54) is 0 Å². The van der Waals surface area contributed by atoms with Crippen LogP contribution in [0, 0.1) is 5.92 Å². The smallest absolute Gasteiger partial charge is 0.0755 e. The molecule has 0 rings (SSSR count). The number of hydrogen-bond acceptors (Lipinski definition) is 0. The molecule has 44 valence electrons. The third-order valence-corrected chi connectivity index (χ3v) is 1.05. The van der Waals surface area contributed by atoms with Gasteiger partial charge in [-0.15, -0.1) is 6.58 Å². The lowest BCUT2D eigenvalue weighted by atomic mass is 9.81. The van der Waals surface area contributed by atoms with E-state index in [0.717, 1.165) is 6.42 Å². The Bertz CT molecular complexity index is 66.8. The fourth-order valence-corrected chi connectivity index (χ4v) is 0.641. The first-order valence-corrected chi connectivity index (χ1v) is 3.05. The molecule has 0 aliphatic heterocycles. The molecule has 0 aromatic carbocycles. The van der Waals surface area contributed by atoms with E-state index in [-0.39, 0.29) is 5.82 Å². The Balaban J connectivity index is 3.23. The zero-order chi connectivity index (χ0) is 6.57. The molecule has 1 heteroatoms. The second-order valence-electron chi connectivity index (χ2n) is 2.53. The fourth-order valence-electron chi connectivity index (χ4n) is 0.641. The highest BCUT2D eigenvalue weighted by Crippen LogP contribution is 2.13. The van der Waals surface area contributed by atoms with Gasteiger partial charge < -0.3 is 0 Å². The molecule has 0 aliphatic carbocycles. The Morgan fingerprint density at radius 1 is 1.62 bits per heavy atom. The Hall–Kier alpha value is -0.195. The molecule has 1 atom stereocenters. The highest BCUT2D eigenvalue weighted by Gasteiger charge is 1.97. The lowest BCUT2D eigenvalue weighted by molar-refractivity contribution is 0.594. The van der Waals surface area contributed by atoms with Crippen molar-refractivity contribution in [3.8, 4) is 0 Å². The van der Waals surface area contributed by atoms with Crippen LogP contribution >= 0.6 is 0 Å². The van der Waals surface area contributed by atoms with Crippen LogP contribution in [0.15, 0.2) is 12.7 Å². The topological polar surface area (TPSA) is 0 Å². The lowest BCUT2D eigenvalue weighted by Gasteiger charge is -2.07. The minimum absolute atomic E-state index is 0.190. The van der Waals surface area contributed by atoms with Crippen LogP contribution in [0.1, 0.15) is 20.3 Å². The molecule has 0 fully saturated rings. The van der Waals surface area contributed by atoms with Crippen LogP contribution in [-0.2, 0) is 0 Å². The molecule has 0 aromatic rings. The minimum Gasteiger partial charge on any atom is -0.104 e. The predicted octanol–water partition coefficient (Wildman–Crippen LogP) is 2.18. The van der Waals surface area contributed by atoms with E-state index in [9.17, 15) is 0 Å². The number of hydrogen-bond donors (Lipinski definition) is 0. The molecule has 0 nitrogen and oxygen atoms in total. The van der Waals surface area contributed by atoms with Gasteiger partial charge in [-0.05, 0) is 5.92 Å². The Kier molecular flexibility index (Phi) is 3.67. The van der Waals surface area contributed by atoms with Gasteiger partial charge in [0, 0.05) is 0 Å². The van der Waals surface area contributed by atoms with Crippen molar-refractivity contribution in [2.45, 2.75) is 26.1 Å². The highest BCUT2D eigenvalue weighted by atomic mass is 14.0. The average Bonchev–Trinajstić information content (AvgIpc) is 1.65. The quantitative estimate of drug-likeness (QED) is 0.384. The molecule has 0 amide bonds. The van der Waals surface area contributed by atoms with Crippen molar-refractivity contribution in [2.24, 2.45) is 5.92 Å². The molecule has 0 heterocycles. The Morgan fingerprint density at radius 3 is 2.25 bits per heavy atom. The molecule has 0 aromatic heterocycles. The monoisotopic (exact) mass is 108 g/mol. The summed E-state index contributed by atoms with van der Waals surface area (Å²) in [6, 6.07) is 0. The lowest BCUT2D eigenvalue weighted by Crippen LogP contribution is -1.93. The van der Waals surface area contributed by atoms with Gasteiger partial charge in [0.15, 0.2) is 0 Å². The molecule has 8 heavy (non-hydrogen) atoms. The third kappa shape index (κ3) is 3.98. The van der Waals surface area contributed by atoms with Gasteiger partial charge >= 0.3 is 0 Å². The summed E-state index contributed by atoms with van der Waals surface area (Å²) in [5.41, 5.74) is 0. The van der Waals surface area contributed by atoms with E-state index >= 15 is 0 Å². The SMILES string of the molecule is [B]C(C=C)CC(C)C. The van der Waals surface area contributed by atoms with Crippen molar-refractivity contribution in [1.29, 1.82) is 0 Å². The first-order valence-electron chi connectivity index (χ1n) is 3.05. The van der Waals surface area contributed by atoms with Gasteiger partial charge in [-0.1, -0.05) is 32.2 Å². The summed E-state index contributed by atoms with van der Waals surface area (Å²) in [6.45, 7) is 7.90. The second-order valence-corrected chi connectivity index (χ2v) is 2.53. The molecule has 0 N–H and O–H groups in total. The molecule has 0 spiro atoms. The van der Waals surface area contributed by atoms with E-state index in [0.29, 0.717) is 5.92 Å². The van der Waals surface area contributed by atoms with E-state index in [2.05, 4.69) is 20.4 Å². The van der Waals surface area contributed by atoms with Crippen molar-refractivity contribution >= 4 is 7.85 Å². The maximum Gasteiger partial charge on any atom is 0.0755 e. The average molecular weight is 108 g/mol. The van der Waals surface area contributed by atoms with E-state index < -0.39 is 0 Å². The summed E-state index contributed by atoms with van der Waals surface area (Å²) in [4.78, 5) is 0. The van der Waals surface area contributed by atoms with Gasteiger partial charge in [-0.25, -0.2) is 0 Å². The van der Waals surface area contributed by atoms with Gasteiger partial charge in [0.2, 0.25) is 0 Å². The maximum absolute atomic E-state index is 5.56. The first kappa shape index (κ1) is 7.80. The second kappa shape index (κ2) is 3.76. The van der Waals surface area contributed by atoms with Gasteiger partial charge in [0.05, 0.1) is 7.85 Å². The summed E-state index contributed by atoms with van der Waals surface area (Å²) in [5.74, 6) is 0.873. The van der Waals surface area contributed by atoms with Crippen LogP contribution < -0.4 is 0 Å². The normalized spacial score (nSPS) is 13.9. The summed E-state index contributed by atoms with van der Waals surface area (Å²) in [6.07, 6.45) is 2.84. The number of allylic oxidation sites excluding steroid dienone is 1. The summed E-state index contributed by atoms with van der Waals surface area (Å²) in [7, 11) is 5.56. The minimum atomic E-state index is 0.190. The molecular weight excluding hydrogens is 94.9 g/mol. The predicted molar refractivity (Wildman–Crippen MR) is 39.2 cm³/mol. The van der Waals surface area contributed by atoms with E-state index in [1.54, 1.807) is 6.08 Å². The zero-order valence-corrected chi connectivity index (χ0v) is 5.72. The Morgan fingerprint density at radius 2 is 2.12 bits per heavy atom. The van der Waals surface area contributed by atoms with Crippen molar-refractivity contribution < 1.29 is 0 Å². The third-order valence-electron chi connectivity index (χ3n) is 1.05. The van der Waals surface area contributed by atoms with E-state index in [4.69, 9.17) is 7.85 Å². The van der Waals surface area contributed by atoms with Crippen LogP contribution in [0.25, 0.3) is 0 Å². The van der Waals surface area contributed by atoms with Crippen LogP contribution in [0.4, 0.5) is 0 Å². The van der Waals surface area contributed by atoms with Crippen molar-refractivity contribution in [3.63, 3.8) is 0 Å². The van der Waals surface area contributed by atoms with Crippen LogP contribution in [0.3, 0.4) is 0 Å². The van der Waals surface area contributed by atoms with Crippen molar-refractivity contribution in [1.82, 2.24) is 0 Å². The van der Waals surface area contributed by atoms with Gasteiger partial charge in [0.25, 0.3) is 0 Å². The maximum atomic E-state index is 5.56. The molecule has 1 unspecified atom stereocenters. The first-order chi connectivity index (χ1) is 3.66. The van der Waals surface area contributed by atoms with Crippen LogP contribution in [0.2, 0.25) is 5.82 Å². The largest absolute Gasteiger partial charge is 0.104 e. The summed E-state index contributed by atoms with van der Waals surface area (Å²) >= 11 is 0. The van der Waals surface area contributed by atoms with Gasteiger partial charge in [-0.2, -0.15) is 0 Å². The van der Waals surface area contributed by atoms with E-state index in [1.807, 2.05) is 0 Å². The van der Waals surface area contributed by atoms with Gasteiger partial charge in [0.1, 0.15) is 0 Å². The molecule has 0 aliphatic rings. The van der Waals surface area contributed by atoms with Crippen molar-refractivity contribution in [3.05, 3.63) is 12.7 Å².